The molecule has 0 spiro atoms. The molecule has 0 bridgehead atoms. The van der Waals surface area contributed by atoms with Crippen molar-refractivity contribution in [2.24, 2.45) is 0 Å². The molecule has 2 heterocycles. The molecule has 1 N–H and O–H groups in total. The van der Waals surface area contributed by atoms with Crippen molar-refractivity contribution in [1.82, 2.24) is 20.4 Å². The Balaban J connectivity index is 1.53. The lowest BCUT2D eigenvalue weighted by Crippen LogP contribution is -2.47. The van der Waals surface area contributed by atoms with Crippen molar-refractivity contribution in [2.75, 3.05) is 26.2 Å². The minimum Gasteiger partial charge on any atom is -0.370 e. The third kappa shape index (κ3) is 4.30. The maximum atomic E-state index is 13.4. The Labute approximate surface area is 143 Å². The summed E-state index contributed by atoms with van der Waals surface area (Å²) in [4.78, 5) is 17.9. The highest BCUT2D eigenvalue weighted by atomic mass is 19.2. The summed E-state index contributed by atoms with van der Waals surface area (Å²) in [5.74, 6) is -0.841. The molecule has 2 aromatic rings. The van der Waals surface area contributed by atoms with Crippen LogP contribution in [0, 0.1) is 18.6 Å². The van der Waals surface area contributed by atoms with Crippen molar-refractivity contribution in [3.05, 3.63) is 47.1 Å². The van der Waals surface area contributed by atoms with E-state index in [-0.39, 0.29) is 12.6 Å². The number of rotatable bonds is 4. The second-order valence-electron chi connectivity index (χ2n) is 5.70. The van der Waals surface area contributed by atoms with Crippen molar-refractivity contribution in [2.45, 2.75) is 19.4 Å². The number of hydrogen-bond donors (Lipinski definition) is 1. The van der Waals surface area contributed by atoms with Crippen molar-refractivity contribution in [3.63, 3.8) is 0 Å². The highest BCUT2D eigenvalue weighted by Crippen LogP contribution is 2.23. The Morgan fingerprint density at radius 3 is 2.96 bits per heavy atom. The van der Waals surface area contributed by atoms with Gasteiger partial charge in [0.2, 0.25) is 5.89 Å². The van der Waals surface area contributed by atoms with E-state index >= 15 is 0 Å². The molecule has 9 heteroatoms. The molecule has 1 saturated heterocycles. The highest BCUT2D eigenvalue weighted by molar-refractivity contribution is 5.74. The van der Waals surface area contributed by atoms with E-state index in [0.717, 1.165) is 12.1 Å². The molecule has 1 aliphatic heterocycles. The van der Waals surface area contributed by atoms with Crippen LogP contribution < -0.4 is 5.32 Å². The van der Waals surface area contributed by atoms with E-state index in [1.54, 1.807) is 11.8 Å². The topological polar surface area (TPSA) is 80.5 Å². The fourth-order valence-electron chi connectivity index (χ4n) is 2.58. The van der Waals surface area contributed by atoms with E-state index in [4.69, 9.17) is 9.26 Å². The van der Waals surface area contributed by atoms with Crippen LogP contribution in [0.2, 0.25) is 0 Å². The van der Waals surface area contributed by atoms with Gasteiger partial charge in [-0.2, -0.15) is 4.98 Å². The van der Waals surface area contributed by atoms with Gasteiger partial charge in [0, 0.05) is 19.5 Å². The molecule has 0 saturated carbocycles. The van der Waals surface area contributed by atoms with Gasteiger partial charge in [-0.05, 0) is 24.6 Å². The zero-order chi connectivity index (χ0) is 17.8. The first-order valence-corrected chi connectivity index (χ1v) is 7.91. The fourth-order valence-corrected chi connectivity index (χ4v) is 2.58. The molecule has 134 valence electrons. The highest BCUT2D eigenvalue weighted by Gasteiger charge is 2.26. The number of nitrogens with one attached hydrogen (secondary N) is 1. The number of aryl methyl sites for hydroxylation is 1. The van der Waals surface area contributed by atoms with Gasteiger partial charge in [-0.3, -0.25) is 0 Å². The third-order valence-corrected chi connectivity index (χ3v) is 3.85. The fraction of sp³-hybridized carbons (Fsp3) is 0.438. The summed E-state index contributed by atoms with van der Waals surface area (Å²) in [6.45, 7) is 3.08. The van der Waals surface area contributed by atoms with Gasteiger partial charge < -0.3 is 19.5 Å². The lowest BCUT2D eigenvalue weighted by Gasteiger charge is -2.33. The predicted octanol–water partition coefficient (Wildman–Crippen LogP) is 1.98. The molecule has 1 aromatic carbocycles. The summed E-state index contributed by atoms with van der Waals surface area (Å²) in [6, 6.07) is 3.35. The number of morpholine rings is 1. The number of aromatic nitrogens is 2. The Hall–Kier alpha value is -2.55. The largest absolute Gasteiger partial charge is 0.370 e. The van der Waals surface area contributed by atoms with Gasteiger partial charge in [-0.15, -0.1) is 0 Å². The molecule has 25 heavy (non-hydrogen) atoms. The van der Waals surface area contributed by atoms with Crippen LogP contribution in [0.25, 0.3) is 0 Å². The van der Waals surface area contributed by atoms with Gasteiger partial charge in [0.1, 0.15) is 6.10 Å². The van der Waals surface area contributed by atoms with Gasteiger partial charge in [0.25, 0.3) is 0 Å². The number of carbonyl (C=O) groups excluding carboxylic acids is 1. The molecule has 7 nitrogen and oxygen atoms in total. The number of hydrogen-bond acceptors (Lipinski definition) is 5. The van der Waals surface area contributed by atoms with Gasteiger partial charge in [0.15, 0.2) is 17.5 Å². The maximum Gasteiger partial charge on any atom is 0.317 e. The average molecular weight is 352 g/mol. The van der Waals surface area contributed by atoms with E-state index in [0.29, 0.717) is 43.4 Å². The number of nitrogens with zero attached hydrogens (tertiary/aromatic N) is 3. The van der Waals surface area contributed by atoms with Crippen LogP contribution in [0.3, 0.4) is 0 Å². The smallest absolute Gasteiger partial charge is 0.317 e. The third-order valence-electron chi connectivity index (χ3n) is 3.85. The quantitative estimate of drug-likeness (QED) is 0.910. The number of halogens is 2. The summed E-state index contributed by atoms with van der Waals surface area (Å²) in [5, 5.41) is 6.45. The van der Waals surface area contributed by atoms with E-state index in [9.17, 15) is 13.6 Å². The van der Waals surface area contributed by atoms with Crippen molar-refractivity contribution < 1.29 is 22.8 Å². The van der Waals surface area contributed by atoms with Crippen LogP contribution in [-0.4, -0.2) is 47.3 Å². The zero-order valence-electron chi connectivity index (χ0n) is 13.7. The summed E-state index contributed by atoms with van der Waals surface area (Å²) in [7, 11) is 0. The molecule has 0 radical (unpaired) electrons. The average Bonchev–Trinajstić information content (AvgIpc) is 3.02. The summed E-state index contributed by atoms with van der Waals surface area (Å²) >= 11 is 0. The molecular formula is C16H18F2N4O3. The molecular weight excluding hydrogens is 334 g/mol. The molecule has 2 amide bonds. The summed E-state index contributed by atoms with van der Waals surface area (Å²) in [5.41, 5.74) is 0.498. The predicted molar refractivity (Wildman–Crippen MR) is 82.8 cm³/mol. The van der Waals surface area contributed by atoms with Crippen LogP contribution in [0.4, 0.5) is 13.6 Å². The van der Waals surface area contributed by atoms with Crippen LogP contribution in [0.15, 0.2) is 22.7 Å². The van der Waals surface area contributed by atoms with Crippen molar-refractivity contribution in [1.29, 1.82) is 0 Å². The van der Waals surface area contributed by atoms with Gasteiger partial charge in [0.05, 0.1) is 13.2 Å². The second kappa shape index (κ2) is 7.56. The van der Waals surface area contributed by atoms with Crippen LogP contribution in [0.1, 0.15) is 23.4 Å². The maximum absolute atomic E-state index is 13.4. The minimum absolute atomic E-state index is 0.257. The summed E-state index contributed by atoms with van der Waals surface area (Å²) < 4.78 is 37.0. The van der Waals surface area contributed by atoms with Gasteiger partial charge in [-0.25, -0.2) is 13.6 Å². The van der Waals surface area contributed by atoms with Gasteiger partial charge in [-0.1, -0.05) is 11.2 Å². The number of ether oxygens (including phenoxy) is 1. The van der Waals surface area contributed by atoms with Crippen LogP contribution in [-0.2, 0) is 11.2 Å². The molecule has 1 unspecified atom stereocenters. The molecule has 3 rings (SSSR count). The molecule has 1 aromatic heterocycles. The first kappa shape index (κ1) is 17.3. The first-order chi connectivity index (χ1) is 12.0. The van der Waals surface area contributed by atoms with E-state index in [1.807, 2.05) is 0 Å². The number of urea groups is 1. The first-order valence-electron chi connectivity index (χ1n) is 7.91. The van der Waals surface area contributed by atoms with E-state index < -0.39 is 17.7 Å². The normalized spacial score (nSPS) is 17.6. The van der Waals surface area contributed by atoms with Crippen molar-refractivity contribution >= 4 is 6.03 Å². The molecule has 1 atom stereocenters. The number of carbonyl (C=O) groups is 1. The summed E-state index contributed by atoms with van der Waals surface area (Å²) in [6.07, 6.45) is -0.0584. The van der Waals surface area contributed by atoms with Gasteiger partial charge >= 0.3 is 6.03 Å². The number of benzene rings is 1. The number of amides is 2. The lowest BCUT2D eigenvalue weighted by atomic mass is 10.1. The van der Waals surface area contributed by atoms with Crippen molar-refractivity contribution in [3.8, 4) is 0 Å². The lowest BCUT2D eigenvalue weighted by molar-refractivity contribution is -0.0155. The standard InChI is InChI=1S/C16H18F2N4O3/c1-10-20-15(25-21-10)4-5-19-16(23)22-6-7-24-14(9-22)11-2-3-12(17)13(18)8-11/h2-3,8,14H,4-7,9H2,1H3,(H,19,23). The Kier molecular flexibility index (Phi) is 5.22. The second-order valence-corrected chi connectivity index (χ2v) is 5.70. The Bertz CT molecular complexity index is 753. The van der Waals surface area contributed by atoms with Crippen LogP contribution >= 0.6 is 0 Å². The van der Waals surface area contributed by atoms with Crippen LogP contribution in [0.5, 0.6) is 0 Å². The monoisotopic (exact) mass is 352 g/mol. The van der Waals surface area contributed by atoms with E-state index in [1.165, 1.54) is 6.07 Å². The Morgan fingerprint density at radius 1 is 1.40 bits per heavy atom. The molecule has 1 aliphatic rings. The molecule has 0 aliphatic carbocycles. The zero-order valence-corrected chi connectivity index (χ0v) is 13.7. The molecule has 1 fully saturated rings. The SMILES string of the molecule is Cc1noc(CCNC(=O)N2CCOC(c3ccc(F)c(F)c3)C2)n1. The minimum atomic E-state index is -0.933. The Morgan fingerprint density at radius 2 is 2.24 bits per heavy atom. The van der Waals surface area contributed by atoms with E-state index in [2.05, 4.69) is 15.5 Å².